The van der Waals surface area contributed by atoms with E-state index in [0.29, 0.717) is 34.3 Å². The van der Waals surface area contributed by atoms with Crippen molar-refractivity contribution >= 4 is 11.6 Å². The van der Waals surface area contributed by atoms with E-state index in [1.54, 1.807) is 6.92 Å². The molecule has 0 amide bonds. The van der Waals surface area contributed by atoms with Gasteiger partial charge in [-0.05, 0) is 64.2 Å². The summed E-state index contributed by atoms with van der Waals surface area (Å²) in [4.78, 5) is 27.5. The summed E-state index contributed by atoms with van der Waals surface area (Å²) in [5.41, 5.74) is 2.61. The predicted molar refractivity (Wildman–Crippen MR) is 158 cm³/mol. The van der Waals surface area contributed by atoms with Gasteiger partial charge < -0.3 is 24.1 Å². The summed E-state index contributed by atoms with van der Waals surface area (Å²) in [5.74, 6) is -2.43. The molecule has 42 heavy (non-hydrogen) atoms. The van der Waals surface area contributed by atoms with Crippen molar-refractivity contribution in [3.63, 3.8) is 0 Å². The summed E-state index contributed by atoms with van der Waals surface area (Å²) in [6.07, 6.45) is 8.28. The fourth-order valence-electron chi connectivity index (χ4n) is 8.89. The van der Waals surface area contributed by atoms with Crippen LogP contribution in [0.2, 0.25) is 0 Å². The van der Waals surface area contributed by atoms with E-state index < -0.39 is 41.5 Å². The Kier molecular flexibility index (Phi) is 7.90. The Morgan fingerprint density at radius 1 is 0.905 bits per heavy atom. The van der Waals surface area contributed by atoms with E-state index >= 15 is 0 Å². The van der Waals surface area contributed by atoms with Crippen LogP contribution in [0.4, 0.5) is 0 Å². The quantitative estimate of drug-likeness (QED) is 0.202. The Morgan fingerprint density at radius 3 is 2.33 bits per heavy atom. The number of aliphatic hydroxyl groups excluding tert-OH is 1. The first-order valence-electron chi connectivity index (χ1n) is 16.5. The second-order valence-electron chi connectivity index (χ2n) is 14.7. The maximum absolute atomic E-state index is 14.0. The van der Waals surface area contributed by atoms with Crippen LogP contribution in [-0.2, 0) is 28.5 Å². The fraction of sp³-hybridized carbons (Fsp3) is 0.771. The molecular weight excluding hydrogens is 532 g/mol. The molecule has 0 aromatic heterocycles. The van der Waals surface area contributed by atoms with Gasteiger partial charge in [0.2, 0.25) is 17.4 Å². The molecule has 232 valence electrons. The van der Waals surface area contributed by atoms with Gasteiger partial charge in [-0.3, -0.25) is 9.59 Å². The standard InChI is InChI=1S/C35H50O7/c1-18-11-12-25-22(5)28(36)23(6)31(39-25)26-27-32(24(7)29(37)30(26)38)40-35(21(4)17-20(3)16-19(2)15-18)33(27)41-34(42-35)13-9-8-10-14-34/h15,18,20-23,25,28,31,33,36H,8-14,16-17H2,1-7H3/b19-15+/t18-,20+,21-,22-,23+,25+,28-,31+,33+,35+/m0/s1. The number of carbonyl (C=O) groups excluding carboxylic acids is 2. The molecule has 4 heterocycles. The number of Topliss-reactive ketones (excluding diaryl/α,β-unsaturated/α-hetero) is 2. The van der Waals surface area contributed by atoms with Crippen LogP contribution in [0.15, 0.2) is 34.1 Å². The van der Waals surface area contributed by atoms with Gasteiger partial charge in [-0.25, -0.2) is 0 Å². The molecule has 4 bridgehead atoms. The minimum Gasteiger partial charge on any atom is -0.458 e. The van der Waals surface area contributed by atoms with Gasteiger partial charge in [0.05, 0.1) is 18.3 Å². The summed E-state index contributed by atoms with van der Waals surface area (Å²) in [5, 5.41) is 11.5. The molecule has 0 radical (unpaired) electrons. The monoisotopic (exact) mass is 582 g/mol. The van der Waals surface area contributed by atoms with Crippen molar-refractivity contribution in [1.29, 1.82) is 0 Å². The molecule has 0 aromatic rings. The van der Waals surface area contributed by atoms with Crippen LogP contribution in [0.3, 0.4) is 0 Å². The predicted octanol–water partition coefficient (Wildman–Crippen LogP) is 6.34. The largest absolute Gasteiger partial charge is 0.458 e. The zero-order chi connectivity index (χ0) is 30.1. The number of fused-ring (bicyclic) bond motifs is 3. The van der Waals surface area contributed by atoms with Crippen molar-refractivity contribution in [2.45, 2.75) is 142 Å². The van der Waals surface area contributed by atoms with Gasteiger partial charge in [-0.1, -0.05) is 52.7 Å². The first kappa shape index (κ1) is 30.2. The SMILES string of the molecule is CC1=C2O[C@]34OC5(CCCCC5)O[C@@H]3C2=C(C(=O)C1=O)[C@@H]1O[C@H](CC[C@H](C)/C=C(\C)C[C@@H](C)C[C@@H]4C)[C@H](C)[C@H](O)[C@H]1C. The van der Waals surface area contributed by atoms with Crippen LogP contribution in [-0.4, -0.2) is 52.7 Å². The second kappa shape index (κ2) is 11.0. The highest BCUT2D eigenvalue weighted by Crippen LogP contribution is 2.60. The van der Waals surface area contributed by atoms with E-state index in [4.69, 9.17) is 18.9 Å². The molecule has 7 nitrogen and oxygen atoms in total. The molecule has 2 aliphatic carbocycles. The Labute approximate surface area is 251 Å². The minimum atomic E-state index is -1.14. The Hall–Kier alpha value is -1.80. The molecule has 6 aliphatic rings. The number of aliphatic hydroxyl groups is 1. The third-order valence-corrected chi connectivity index (χ3v) is 11.2. The molecule has 7 heteroatoms. The Bertz CT molecular complexity index is 1220. The van der Waals surface area contributed by atoms with Gasteiger partial charge >= 0.3 is 0 Å². The summed E-state index contributed by atoms with van der Waals surface area (Å²) in [7, 11) is 0. The van der Waals surface area contributed by atoms with Crippen molar-refractivity contribution in [3.8, 4) is 0 Å². The van der Waals surface area contributed by atoms with Gasteiger partial charge in [0, 0.05) is 47.3 Å². The number of rotatable bonds is 0. The molecule has 0 aromatic carbocycles. The second-order valence-corrected chi connectivity index (χ2v) is 14.7. The number of hydrogen-bond donors (Lipinski definition) is 1. The highest BCUT2D eigenvalue weighted by Gasteiger charge is 2.69. The van der Waals surface area contributed by atoms with Gasteiger partial charge in [-0.2, -0.15) is 0 Å². The lowest BCUT2D eigenvalue weighted by atomic mass is 9.73. The van der Waals surface area contributed by atoms with Crippen LogP contribution in [0.1, 0.15) is 106 Å². The summed E-state index contributed by atoms with van der Waals surface area (Å²) in [6, 6.07) is 0. The van der Waals surface area contributed by atoms with Gasteiger partial charge in [-0.15, -0.1) is 0 Å². The van der Waals surface area contributed by atoms with Crippen LogP contribution in [0.5, 0.6) is 0 Å². The van der Waals surface area contributed by atoms with Crippen LogP contribution < -0.4 is 0 Å². The van der Waals surface area contributed by atoms with Crippen molar-refractivity contribution in [1.82, 2.24) is 0 Å². The smallest absolute Gasteiger partial charge is 0.246 e. The van der Waals surface area contributed by atoms with Gasteiger partial charge in [0.15, 0.2) is 11.9 Å². The fourth-order valence-corrected chi connectivity index (χ4v) is 8.89. The molecule has 0 unspecified atom stereocenters. The lowest BCUT2D eigenvalue weighted by molar-refractivity contribution is -0.277. The minimum absolute atomic E-state index is 0.0650. The van der Waals surface area contributed by atoms with E-state index in [0.717, 1.165) is 57.8 Å². The number of hydrogen-bond acceptors (Lipinski definition) is 7. The number of carbonyl (C=O) groups is 2. The summed E-state index contributed by atoms with van der Waals surface area (Å²) < 4.78 is 27.7. The molecule has 1 spiro atoms. The molecule has 1 saturated carbocycles. The Morgan fingerprint density at radius 2 is 1.62 bits per heavy atom. The molecule has 1 N–H and O–H groups in total. The zero-order valence-corrected chi connectivity index (χ0v) is 26.5. The topological polar surface area (TPSA) is 91.3 Å². The third-order valence-electron chi connectivity index (χ3n) is 11.2. The van der Waals surface area contributed by atoms with E-state index in [2.05, 4.69) is 33.8 Å². The highest BCUT2D eigenvalue weighted by molar-refractivity contribution is 6.50. The van der Waals surface area contributed by atoms with Crippen LogP contribution in [0, 0.1) is 29.6 Å². The lowest BCUT2D eigenvalue weighted by Crippen LogP contribution is -2.52. The number of ketones is 2. The molecule has 10 atom stereocenters. The Balaban J connectivity index is 1.54. The average Bonchev–Trinajstić information content (AvgIpc) is 3.41. The molecule has 6 rings (SSSR count). The molecule has 3 saturated heterocycles. The summed E-state index contributed by atoms with van der Waals surface area (Å²) in [6.45, 7) is 14.5. The van der Waals surface area contributed by atoms with Crippen molar-refractivity contribution in [2.75, 3.05) is 0 Å². The maximum atomic E-state index is 14.0. The van der Waals surface area contributed by atoms with Gasteiger partial charge in [0.1, 0.15) is 5.76 Å². The molecule has 4 fully saturated rings. The molecular formula is C35H50O7. The number of allylic oxidation sites excluding steroid dienone is 3. The number of ether oxygens (including phenoxy) is 4. The van der Waals surface area contributed by atoms with E-state index in [9.17, 15) is 14.7 Å². The first-order valence-corrected chi connectivity index (χ1v) is 16.5. The van der Waals surface area contributed by atoms with Crippen molar-refractivity contribution < 1.29 is 33.6 Å². The van der Waals surface area contributed by atoms with E-state index in [1.807, 2.05) is 13.8 Å². The zero-order valence-electron chi connectivity index (χ0n) is 26.5. The van der Waals surface area contributed by atoms with Crippen molar-refractivity contribution in [3.05, 3.63) is 34.1 Å². The lowest BCUT2D eigenvalue weighted by Gasteiger charge is -2.44. The average molecular weight is 583 g/mol. The van der Waals surface area contributed by atoms with Crippen molar-refractivity contribution in [2.24, 2.45) is 29.6 Å². The summed E-state index contributed by atoms with van der Waals surface area (Å²) >= 11 is 0. The highest BCUT2D eigenvalue weighted by atomic mass is 16.8. The van der Waals surface area contributed by atoms with E-state index in [-0.39, 0.29) is 23.9 Å². The van der Waals surface area contributed by atoms with Crippen LogP contribution in [0.25, 0.3) is 0 Å². The molecule has 4 aliphatic heterocycles. The van der Waals surface area contributed by atoms with E-state index in [1.165, 1.54) is 5.57 Å². The normalized spacial score (nSPS) is 45.5. The van der Waals surface area contributed by atoms with Crippen LogP contribution >= 0.6 is 0 Å². The third kappa shape index (κ3) is 4.78. The van der Waals surface area contributed by atoms with Gasteiger partial charge in [0.25, 0.3) is 0 Å². The first-order chi connectivity index (χ1) is 19.9. The maximum Gasteiger partial charge on any atom is 0.246 e.